The van der Waals surface area contributed by atoms with E-state index < -0.39 is 102 Å². The Balaban J connectivity index is 1.49. The molecule has 4 heterocycles. The second kappa shape index (κ2) is 20.7. The van der Waals surface area contributed by atoms with Crippen LogP contribution in [0.3, 0.4) is 0 Å². The van der Waals surface area contributed by atoms with Gasteiger partial charge in [-0.3, -0.25) is 19.3 Å². The number of methoxy groups -OCH3 is 1. The van der Waals surface area contributed by atoms with E-state index in [9.17, 15) is 39.9 Å². The van der Waals surface area contributed by atoms with Gasteiger partial charge < -0.3 is 59.0 Å². The number of carbonyl (C=O) groups excluding carboxylic acids is 3. The minimum absolute atomic E-state index is 0.177. The molecule has 16 heteroatoms. The van der Waals surface area contributed by atoms with Crippen molar-refractivity contribution >= 4 is 17.8 Å². The predicted octanol–water partition coefficient (Wildman–Crippen LogP) is 3.23. The fourth-order valence-electron chi connectivity index (χ4n) is 11.3. The van der Waals surface area contributed by atoms with Gasteiger partial charge in [-0.05, 0) is 112 Å². The quantitative estimate of drug-likeness (QED) is 0.169. The SMILES string of the molecule is CC[C@H]1OC(=O)[C@H](C)[C@@H](C2C[C@@](C)(OC)[C@@H](O)[C@H](C)O2)[C@H](C)[C@@H](O[C@@H]2O[C@H](C)C[C@H](N(C)CCCN3C(=O)c4ccccc4C3=O)[C@H]2O)[C@](C)(O)C[C@@H](C)CN(C)[C@H](C)[C@@H](O)[C@]1(C)O. The van der Waals surface area contributed by atoms with Gasteiger partial charge in [0.25, 0.3) is 11.8 Å². The van der Waals surface area contributed by atoms with E-state index in [1.807, 2.05) is 44.7 Å². The fourth-order valence-corrected chi connectivity index (χ4v) is 11.3. The lowest BCUT2D eigenvalue weighted by molar-refractivity contribution is -0.303. The van der Waals surface area contributed by atoms with Gasteiger partial charge in [0, 0.05) is 44.6 Å². The number of amides is 2. The van der Waals surface area contributed by atoms with Crippen LogP contribution in [0.25, 0.3) is 0 Å². The zero-order chi connectivity index (χ0) is 47.8. The summed E-state index contributed by atoms with van der Waals surface area (Å²) in [5.74, 6) is -3.86. The first-order valence-electron chi connectivity index (χ1n) is 23.4. The molecule has 0 aliphatic carbocycles. The predicted molar refractivity (Wildman–Crippen MR) is 238 cm³/mol. The van der Waals surface area contributed by atoms with Gasteiger partial charge in [0.1, 0.15) is 30.0 Å². The highest BCUT2D eigenvalue weighted by atomic mass is 16.7. The van der Waals surface area contributed by atoms with Gasteiger partial charge in [-0.2, -0.15) is 0 Å². The molecule has 1 aromatic rings. The molecule has 5 N–H and O–H groups in total. The molecular formula is C48H79N3O13. The number of imide groups is 1. The molecule has 64 heavy (non-hydrogen) atoms. The van der Waals surface area contributed by atoms with Crippen LogP contribution in [0.2, 0.25) is 0 Å². The summed E-state index contributed by atoms with van der Waals surface area (Å²) >= 11 is 0. The van der Waals surface area contributed by atoms with E-state index in [1.54, 1.807) is 65.8 Å². The van der Waals surface area contributed by atoms with Gasteiger partial charge in [-0.1, -0.05) is 39.8 Å². The smallest absolute Gasteiger partial charge is 0.309 e. The van der Waals surface area contributed by atoms with Crippen LogP contribution in [0.5, 0.6) is 0 Å². The fraction of sp³-hybridized carbons (Fsp3) is 0.812. The number of aliphatic hydroxyl groups excluding tert-OH is 3. The lowest BCUT2D eigenvalue weighted by Crippen LogP contribution is -2.62. The van der Waals surface area contributed by atoms with Crippen LogP contribution in [0, 0.1) is 23.7 Å². The highest BCUT2D eigenvalue weighted by Crippen LogP contribution is 2.45. The van der Waals surface area contributed by atoms with Crippen LogP contribution in [0.4, 0.5) is 0 Å². The molecule has 0 bridgehead atoms. The standard InChI is InChI=1S/C48H79N3O13/c1-14-36-48(10,59)39(53)30(6)50(12)25-26(2)23-46(8,58)41(28(4)37(29(5)44(57)63-36)35-24-47(9,60-13)40(54)31(7)62-35)64-45-38(52)34(22-27(3)61-45)49(11)20-17-21-51-42(55)32-18-15-16-19-33(32)43(51)56/h15-16,18-19,26-31,34-41,45,52-54,58-59H,14,17,20-25H2,1-13H3/t26-,27-,28+,29-,30-,31+,34+,35?,36-,37+,38-,39-,40+,41-,45+,46-,47-,48-/m1/s1. The van der Waals surface area contributed by atoms with Gasteiger partial charge in [0.05, 0.1) is 52.7 Å². The molecule has 4 aliphatic heterocycles. The lowest BCUT2D eigenvalue weighted by atomic mass is 9.68. The maximum absolute atomic E-state index is 14.5. The van der Waals surface area contributed by atoms with Crippen LogP contribution >= 0.6 is 0 Å². The van der Waals surface area contributed by atoms with Gasteiger partial charge in [-0.25, -0.2) is 0 Å². The summed E-state index contributed by atoms with van der Waals surface area (Å²) in [7, 11) is 5.23. The normalized spacial score (nSPS) is 43.5. The Hall–Kier alpha value is -2.61. The van der Waals surface area contributed by atoms with Crippen molar-refractivity contribution in [3.8, 4) is 0 Å². The Morgan fingerprint density at radius 3 is 2.09 bits per heavy atom. The van der Waals surface area contributed by atoms with Gasteiger partial charge in [0.15, 0.2) is 6.29 Å². The number of aliphatic hydroxyl groups is 5. The first-order valence-corrected chi connectivity index (χ1v) is 23.4. The Labute approximate surface area is 380 Å². The molecule has 2 amide bonds. The van der Waals surface area contributed by atoms with Crippen LogP contribution < -0.4 is 0 Å². The first kappa shape index (κ1) is 52.4. The van der Waals surface area contributed by atoms with Crippen LogP contribution in [0.1, 0.15) is 122 Å². The van der Waals surface area contributed by atoms with Crippen LogP contribution in [-0.4, -0.2) is 183 Å². The third-order valence-electron chi connectivity index (χ3n) is 15.2. The van der Waals surface area contributed by atoms with E-state index in [0.717, 1.165) is 0 Å². The molecule has 3 fully saturated rings. The summed E-state index contributed by atoms with van der Waals surface area (Å²) < 4.78 is 32.0. The number of hydrogen-bond donors (Lipinski definition) is 5. The van der Waals surface area contributed by atoms with Crippen molar-refractivity contribution in [2.75, 3.05) is 40.8 Å². The number of fused-ring (bicyclic) bond motifs is 1. The number of hydrogen-bond acceptors (Lipinski definition) is 15. The van der Waals surface area contributed by atoms with Gasteiger partial charge in [-0.15, -0.1) is 0 Å². The largest absolute Gasteiger partial charge is 0.459 e. The molecule has 0 spiro atoms. The number of ether oxygens (including phenoxy) is 5. The molecule has 0 aromatic heterocycles. The summed E-state index contributed by atoms with van der Waals surface area (Å²) in [5, 5.41) is 59.7. The molecule has 0 saturated carbocycles. The first-order chi connectivity index (χ1) is 29.8. The Bertz CT molecular complexity index is 1730. The van der Waals surface area contributed by atoms with E-state index in [2.05, 4.69) is 0 Å². The number of esters is 1. The third-order valence-corrected chi connectivity index (χ3v) is 15.2. The number of rotatable bonds is 10. The minimum Gasteiger partial charge on any atom is -0.459 e. The van der Waals surface area contributed by atoms with Crippen molar-refractivity contribution in [2.45, 2.75) is 185 Å². The van der Waals surface area contributed by atoms with Crippen molar-refractivity contribution in [1.29, 1.82) is 0 Å². The minimum atomic E-state index is -1.82. The molecule has 364 valence electrons. The van der Waals surface area contributed by atoms with Gasteiger partial charge >= 0.3 is 5.97 Å². The lowest BCUT2D eigenvalue weighted by Gasteiger charge is -2.51. The molecule has 3 saturated heterocycles. The number of carbonyl (C=O) groups is 3. The average molecular weight is 906 g/mol. The zero-order valence-electron chi connectivity index (χ0n) is 40.5. The number of nitrogens with zero attached hydrogens (tertiary/aromatic N) is 3. The summed E-state index contributed by atoms with van der Waals surface area (Å²) in [5.41, 5.74) is -3.71. The maximum atomic E-state index is 14.5. The topological polar surface area (TPSA) is 208 Å². The number of benzene rings is 1. The molecule has 5 rings (SSSR count). The summed E-state index contributed by atoms with van der Waals surface area (Å²) in [6.07, 6.45) is -7.18. The molecular weight excluding hydrogens is 827 g/mol. The van der Waals surface area contributed by atoms with E-state index >= 15 is 0 Å². The van der Waals surface area contributed by atoms with E-state index in [-0.39, 0.29) is 49.6 Å². The second-order valence-corrected chi connectivity index (χ2v) is 20.4. The summed E-state index contributed by atoms with van der Waals surface area (Å²) in [4.78, 5) is 45.8. The highest BCUT2D eigenvalue weighted by Gasteiger charge is 2.55. The molecule has 0 radical (unpaired) electrons. The van der Waals surface area contributed by atoms with Gasteiger partial charge in [0.2, 0.25) is 0 Å². The summed E-state index contributed by atoms with van der Waals surface area (Å²) in [6, 6.07) is 5.75. The van der Waals surface area contributed by atoms with E-state index in [4.69, 9.17) is 23.7 Å². The van der Waals surface area contributed by atoms with E-state index in [0.29, 0.717) is 37.1 Å². The number of likely N-dealkylation sites (N-methyl/N-ethyl adjacent to an activating group) is 2. The van der Waals surface area contributed by atoms with Crippen molar-refractivity contribution in [2.24, 2.45) is 23.7 Å². The van der Waals surface area contributed by atoms with Crippen molar-refractivity contribution in [1.82, 2.24) is 14.7 Å². The van der Waals surface area contributed by atoms with Crippen molar-refractivity contribution in [3.05, 3.63) is 35.4 Å². The molecule has 16 nitrogen and oxygen atoms in total. The average Bonchev–Trinajstić information content (AvgIpc) is 3.47. The second-order valence-electron chi connectivity index (χ2n) is 20.4. The number of cyclic esters (lactones) is 1. The molecule has 1 unspecified atom stereocenters. The Morgan fingerprint density at radius 1 is 0.906 bits per heavy atom. The van der Waals surface area contributed by atoms with E-state index in [1.165, 1.54) is 18.9 Å². The Morgan fingerprint density at radius 2 is 1.52 bits per heavy atom. The zero-order valence-corrected chi connectivity index (χ0v) is 40.5. The van der Waals surface area contributed by atoms with Crippen molar-refractivity contribution < 1.29 is 63.6 Å². The molecule has 1 aromatic carbocycles. The third kappa shape index (κ3) is 10.7. The highest BCUT2D eigenvalue weighted by molar-refractivity contribution is 6.21. The Kier molecular flexibility index (Phi) is 17.0. The monoisotopic (exact) mass is 906 g/mol. The van der Waals surface area contributed by atoms with Crippen LogP contribution in [-0.2, 0) is 28.5 Å². The summed E-state index contributed by atoms with van der Waals surface area (Å²) in [6.45, 7) is 18.8. The molecule has 18 atom stereocenters. The van der Waals surface area contributed by atoms with Crippen molar-refractivity contribution in [3.63, 3.8) is 0 Å². The maximum Gasteiger partial charge on any atom is 0.309 e. The van der Waals surface area contributed by atoms with Crippen LogP contribution in [0.15, 0.2) is 24.3 Å². The molecule has 4 aliphatic rings.